The van der Waals surface area contributed by atoms with Crippen molar-refractivity contribution in [2.24, 2.45) is 0 Å². The molecule has 1 N–H and O–H groups in total. The molecule has 1 unspecified atom stereocenters. The van der Waals surface area contributed by atoms with Crippen LogP contribution in [0, 0.1) is 0 Å². The smallest absolute Gasteiger partial charge is 0.324 e. The highest BCUT2D eigenvalue weighted by Gasteiger charge is 2.36. The van der Waals surface area contributed by atoms with Crippen LogP contribution in [0.4, 0.5) is 0 Å². The number of rotatable bonds is 3. The fourth-order valence-corrected chi connectivity index (χ4v) is 1.26. The van der Waals surface area contributed by atoms with Gasteiger partial charge in [0, 0.05) is 5.06 Å². The molecule has 0 rings (SSSR count). The summed E-state index contributed by atoms with van der Waals surface area (Å²) >= 11 is 0. The lowest BCUT2D eigenvalue weighted by atomic mass is 9.91. The number of hydrogen-bond acceptors (Lipinski definition) is 2. The van der Waals surface area contributed by atoms with Crippen LogP contribution in [0.3, 0.4) is 0 Å². The zero-order chi connectivity index (χ0) is 9.28. The van der Waals surface area contributed by atoms with Gasteiger partial charge in [-0.2, -0.15) is 0 Å². The maximum Gasteiger partial charge on any atom is 0.325 e. The molecule has 0 saturated heterocycles. The molecule has 0 fully saturated rings. The van der Waals surface area contributed by atoms with Crippen molar-refractivity contribution in [3.8, 4) is 0 Å². The third kappa shape index (κ3) is 3.41. The molecule has 0 aliphatic carbocycles. The molecule has 0 spiro atoms. The summed E-state index contributed by atoms with van der Waals surface area (Å²) in [7, 11) is 1.77. The second-order valence-corrected chi connectivity index (χ2v) is 5.73. The highest BCUT2D eigenvalue weighted by atomic mass is 31.2. The molecule has 0 aromatic heterocycles. The molecule has 3 nitrogen and oxygen atoms in total. The predicted molar refractivity (Wildman–Crippen MR) is 45.9 cm³/mol. The number of hydrogen-bond donors (Lipinski definition) is 1. The minimum atomic E-state index is -3.65. The van der Waals surface area contributed by atoms with Crippen LogP contribution < -0.4 is 0 Å². The Bertz CT molecular complexity index is 173. The summed E-state index contributed by atoms with van der Waals surface area (Å²) in [6, 6.07) is 0. The topological polar surface area (TPSA) is 46.5 Å². The lowest BCUT2D eigenvalue weighted by Gasteiger charge is -2.27. The van der Waals surface area contributed by atoms with Crippen molar-refractivity contribution in [3.05, 3.63) is 0 Å². The van der Waals surface area contributed by atoms with Gasteiger partial charge < -0.3 is 9.42 Å². The maximum absolute atomic E-state index is 11.3. The van der Waals surface area contributed by atoms with Gasteiger partial charge in [0.2, 0.25) is 0 Å². The van der Waals surface area contributed by atoms with Gasteiger partial charge in [0.15, 0.2) is 0 Å². The Hall–Kier alpha value is 0.215. The van der Waals surface area contributed by atoms with E-state index >= 15 is 0 Å². The molecule has 64 valence electrons. The van der Waals surface area contributed by atoms with E-state index in [4.69, 9.17) is 12.4 Å². The Kier molecular flexibility index (Phi) is 3.36. The Morgan fingerprint density at radius 3 is 2.00 bits per heavy atom. The summed E-state index contributed by atoms with van der Waals surface area (Å²) in [4.78, 5) is 9.23. The molecule has 0 bridgehead atoms. The monoisotopic (exact) mass is 176 g/mol. The van der Waals surface area contributed by atoms with Gasteiger partial charge >= 0.3 is 7.60 Å². The minimum absolute atomic E-state index is 0.284. The van der Waals surface area contributed by atoms with Crippen LogP contribution in [0.25, 0.3) is 0 Å². The van der Waals surface area contributed by atoms with Crippen LogP contribution in [0.1, 0.15) is 27.7 Å². The molecule has 0 heterocycles. The van der Waals surface area contributed by atoms with E-state index in [1.54, 1.807) is 13.8 Å². The third-order valence-corrected chi connectivity index (χ3v) is 3.25. The van der Waals surface area contributed by atoms with E-state index in [0.717, 1.165) is 0 Å². The van der Waals surface area contributed by atoms with Crippen molar-refractivity contribution in [2.75, 3.05) is 0 Å². The third-order valence-electron chi connectivity index (χ3n) is 1.08. The van der Waals surface area contributed by atoms with Crippen LogP contribution in [-0.4, -0.2) is 23.9 Å². The van der Waals surface area contributed by atoms with Crippen LogP contribution >= 0.6 is 7.60 Å². The maximum atomic E-state index is 11.3. The van der Waals surface area contributed by atoms with Crippen molar-refractivity contribution in [1.82, 2.24) is 0 Å². The van der Waals surface area contributed by atoms with Gasteiger partial charge in [0.1, 0.15) is 0 Å². The Balaban J connectivity index is 4.36. The molecule has 0 aromatic carbocycles. The van der Waals surface area contributed by atoms with Gasteiger partial charge in [-0.1, -0.05) is 13.8 Å². The molecular formula is C6H14BO3P. The van der Waals surface area contributed by atoms with Crippen molar-refractivity contribution in [3.63, 3.8) is 0 Å². The molecular weight excluding hydrogens is 162 g/mol. The van der Waals surface area contributed by atoms with E-state index in [-0.39, 0.29) is 6.10 Å². The van der Waals surface area contributed by atoms with Crippen molar-refractivity contribution in [2.45, 2.75) is 38.9 Å². The van der Waals surface area contributed by atoms with E-state index in [9.17, 15) is 9.46 Å². The van der Waals surface area contributed by atoms with E-state index in [1.807, 2.05) is 0 Å². The van der Waals surface area contributed by atoms with Gasteiger partial charge in [-0.05, 0) is 13.8 Å². The summed E-state index contributed by atoms with van der Waals surface area (Å²) in [5, 5.41) is -1.18. The second kappa shape index (κ2) is 3.30. The summed E-state index contributed by atoms with van der Waals surface area (Å²) in [6.45, 7) is 6.32. The first-order valence-corrected chi connectivity index (χ1v) is 5.05. The van der Waals surface area contributed by atoms with Crippen LogP contribution in [-0.2, 0) is 9.09 Å². The Morgan fingerprint density at radius 2 is 1.91 bits per heavy atom. The highest BCUT2D eigenvalue weighted by Crippen LogP contribution is 2.53. The fourth-order valence-electron chi connectivity index (χ4n) is 0.422. The first-order chi connectivity index (χ1) is 4.67. The summed E-state index contributed by atoms with van der Waals surface area (Å²) in [5.41, 5.74) is 0. The van der Waals surface area contributed by atoms with Gasteiger partial charge in [-0.25, -0.2) is 0 Å². The van der Waals surface area contributed by atoms with E-state index < -0.39 is 12.7 Å². The van der Waals surface area contributed by atoms with Crippen LogP contribution in [0.2, 0.25) is 0 Å². The molecule has 0 aliphatic rings. The van der Waals surface area contributed by atoms with Crippen LogP contribution in [0.15, 0.2) is 0 Å². The van der Waals surface area contributed by atoms with Crippen molar-refractivity contribution >= 4 is 15.4 Å². The molecule has 5 heteroatoms. The Morgan fingerprint density at radius 1 is 1.55 bits per heavy atom. The van der Waals surface area contributed by atoms with Crippen LogP contribution in [0.5, 0.6) is 0 Å². The van der Waals surface area contributed by atoms with Gasteiger partial charge in [-0.3, -0.25) is 4.57 Å². The average Bonchev–Trinajstić information content (AvgIpc) is 1.56. The van der Waals surface area contributed by atoms with Crippen molar-refractivity contribution < 1.29 is 14.0 Å². The SMILES string of the molecule is [B]C(C)(C)P(=O)(O)OC(C)C. The van der Waals surface area contributed by atoms with Gasteiger partial charge in [-0.15, -0.1) is 0 Å². The summed E-state index contributed by atoms with van der Waals surface area (Å²) in [5.74, 6) is 0. The van der Waals surface area contributed by atoms with Gasteiger partial charge in [0.25, 0.3) is 0 Å². The standard InChI is InChI=1S/C6H14BO3P/c1-5(2)10-11(8,9)6(3,4)7/h5H,1-4H3,(H,8,9). The van der Waals surface area contributed by atoms with Gasteiger partial charge in [0.05, 0.1) is 14.0 Å². The molecule has 0 saturated carbocycles. The first kappa shape index (κ1) is 11.2. The Labute approximate surface area is 69.1 Å². The largest absolute Gasteiger partial charge is 0.325 e. The minimum Gasteiger partial charge on any atom is -0.324 e. The van der Waals surface area contributed by atoms with E-state index in [0.29, 0.717) is 0 Å². The highest BCUT2D eigenvalue weighted by molar-refractivity contribution is 7.56. The molecule has 11 heavy (non-hydrogen) atoms. The first-order valence-electron chi connectivity index (χ1n) is 3.47. The quantitative estimate of drug-likeness (QED) is 0.523. The second-order valence-electron chi connectivity index (χ2n) is 3.33. The van der Waals surface area contributed by atoms with Crippen molar-refractivity contribution in [1.29, 1.82) is 0 Å². The molecule has 2 radical (unpaired) electrons. The van der Waals surface area contributed by atoms with E-state index in [2.05, 4.69) is 0 Å². The molecule has 1 atom stereocenters. The zero-order valence-electron chi connectivity index (χ0n) is 7.37. The lowest BCUT2D eigenvalue weighted by molar-refractivity contribution is 0.197. The normalized spacial score (nSPS) is 18.4. The average molecular weight is 176 g/mol. The lowest BCUT2D eigenvalue weighted by Crippen LogP contribution is -2.23. The fraction of sp³-hybridized carbons (Fsp3) is 1.00. The molecule has 0 aromatic rings. The molecule has 0 aliphatic heterocycles. The summed E-state index contributed by atoms with van der Waals surface area (Å²) in [6.07, 6.45) is -0.284. The zero-order valence-corrected chi connectivity index (χ0v) is 8.26. The predicted octanol–water partition coefficient (Wildman–Crippen LogP) is 1.50. The van der Waals surface area contributed by atoms with E-state index in [1.165, 1.54) is 13.8 Å². The molecule has 0 amide bonds. The summed E-state index contributed by atoms with van der Waals surface area (Å²) < 4.78 is 16.0.